The van der Waals surface area contributed by atoms with Crippen molar-refractivity contribution in [2.45, 2.75) is 52.2 Å². The van der Waals surface area contributed by atoms with Gasteiger partial charge in [-0.15, -0.1) is 0 Å². The summed E-state index contributed by atoms with van der Waals surface area (Å²) in [5.41, 5.74) is 2.06. The molecule has 2 aromatic rings. The number of piperazine rings is 1. The van der Waals surface area contributed by atoms with Crippen molar-refractivity contribution >= 4 is 17.8 Å². The molecule has 0 radical (unpaired) electrons. The third-order valence-corrected chi connectivity index (χ3v) is 6.27. The Balaban J connectivity index is 1.42. The van der Waals surface area contributed by atoms with E-state index in [1.54, 1.807) is 24.4 Å². The van der Waals surface area contributed by atoms with Gasteiger partial charge < -0.3 is 15.1 Å². The Kier molecular flexibility index (Phi) is 6.22. The number of amides is 3. The fraction of sp³-hybridized carbons (Fsp3) is 0.545. The minimum atomic E-state index is -0.316. The van der Waals surface area contributed by atoms with Crippen LogP contribution in [0, 0.1) is 0 Å². The van der Waals surface area contributed by atoms with Crippen LogP contribution in [0.3, 0.4) is 0 Å². The number of H-pyrrole nitrogens is 1. The van der Waals surface area contributed by atoms with Gasteiger partial charge in [0.1, 0.15) is 5.69 Å². The number of nitrogens with one attached hydrogen (secondary N) is 2. The lowest BCUT2D eigenvalue weighted by Gasteiger charge is -2.42. The normalized spacial score (nSPS) is 21.3. The van der Waals surface area contributed by atoms with Crippen LogP contribution in [0.1, 0.15) is 61.4 Å². The third-order valence-electron chi connectivity index (χ3n) is 6.27. The van der Waals surface area contributed by atoms with Crippen LogP contribution in [0.2, 0.25) is 0 Å². The van der Waals surface area contributed by atoms with Gasteiger partial charge in [-0.3, -0.25) is 19.8 Å². The lowest BCUT2D eigenvalue weighted by Crippen LogP contribution is -2.56. The minimum absolute atomic E-state index is 0.0433. The molecule has 0 aromatic carbocycles. The number of unbranched alkanes of at least 4 members (excludes halogenated alkanes) is 1. The standard InChI is InChI=1S/C22H31N7O2/c1-4-5-10-27-11-12-28(15(2)13-27)22(31)29-14-17-19(16(29)3)25-26-20(17)24-21(30)18-8-6-7-9-23-18/h6-9,15-16H,4-5,10-14H2,1-3H3,(H2,24,25,26,30). The summed E-state index contributed by atoms with van der Waals surface area (Å²) in [6.07, 6.45) is 3.96. The largest absolute Gasteiger partial charge is 0.321 e. The van der Waals surface area contributed by atoms with E-state index in [2.05, 4.69) is 39.2 Å². The molecule has 3 amide bonds. The van der Waals surface area contributed by atoms with Crippen molar-refractivity contribution in [1.29, 1.82) is 0 Å². The third kappa shape index (κ3) is 4.27. The number of carbonyl (C=O) groups is 2. The van der Waals surface area contributed by atoms with Gasteiger partial charge in [0.25, 0.3) is 5.91 Å². The highest BCUT2D eigenvalue weighted by Crippen LogP contribution is 2.37. The molecule has 4 heterocycles. The smallest absolute Gasteiger partial charge is 0.319 e. The highest BCUT2D eigenvalue weighted by Gasteiger charge is 2.39. The Bertz CT molecular complexity index is 929. The number of aromatic amines is 1. The molecular formula is C22H31N7O2. The second-order valence-corrected chi connectivity index (χ2v) is 8.42. The maximum absolute atomic E-state index is 13.4. The van der Waals surface area contributed by atoms with E-state index in [0.717, 1.165) is 37.4 Å². The first-order valence-electron chi connectivity index (χ1n) is 11.1. The number of carbonyl (C=O) groups excluding carboxylic acids is 2. The lowest BCUT2D eigenvalue weighted by atomic mass is 10.2. The number of nitrogens with zero attached hydrogens (tertiary/aromatic N) is 5. The van der Waals surface area contributed by atoms with Gasteiger partial charge in [0.15, 0.2) is 5.82 Å². The number of rotatable bonds is 5. The van der Waals surface area contributed by atoms with E-state index in [1.165, 1.54) is 12.8 Å². The van der Waals surface area contributed by atoms with E-state index in [-0.39, 0.29) is 24.0 Å². The summed E-state index contributed by atoms with van der Waals surface area (Å²) < 4.78 is 0. The molecule has 0 spiro atoms. The first-order valence-corrected chi connectivity index (χ1v) is 11.1. The SMILES string of the molecule is CCCCN1CCN(C(=O)N2Cc3c(NC(=O)c4ccccn4)n[nH]c3C2C)C(C)C1. The van der Waals surface area contributed by atoms with Gasteiger partial charge in [0.2, 0.25) is 0 Å². The Morgan fingerprint density at radius 3 is 2.77 bits per heavy atom. The van der Waals surface area contributed by atoms with Crippen LogP contribution in [0.15, 0.2) is 24.4 Å². The van der Waals surface area contributed by atoms with Gasteiger partial charge in [-0.2, -0.15) is 5.10 Å². The minimum Gasteiger partial charge on any atom is -0.319 e. The van der Waals surface area contributed by atoms with Crippen LogP contribution in [0.4, 0.5) is 10.6 Å². The summed E-state index contributed by atoms with van der Waals surface area (Å²) in [5, 5.41) is 10.1. The van der Waals surface area contributed by atoms with Crippen molar-refractivity contribution in [3.8, 4) is 0 Å². The zero-order valence-electron chi connectivity index (χ0n) is 18.5. The number of aromatic nitrogens is 3. The predicted molar refractivity (Wildman–Crippen MR) is 118 cm³/mol. The van der Waals surface area contributed by atoms with Crippen molar-refractivity contribution in [2.24, 2.45) is 0 Å². The van der Waals surface area contributed by atoms with Crippen molar-refractivity contribution in [1.82, 2.24) is 29.9 Å². The summed E-state index contributed by atoms with van der Waals surface area (Å²) >= 11 is 0. The molecule has 9 heteroatoms. The molecule has 31 heavy (non-hydrogen) atoms. The molecule has 2 aromatic heterocycles. The maximum atomic E-state index is 13.4. The van der Waals surface area contributed by atoms with Gasteiger partial charge in [0.05, 0.1) is 18.3 Å². The fourth-order valence-corrected chi connectivity index (χ4v) is 4.42. The van der Waals surface area contributed by atoms with Crippen molar-refractivity contribution in [3.05, 3.63) is 41.3 Å². The van der Waals surface area contributed by atoms with Crippen LogP contribution >= 0.6 is 0 Å². The monoisotopic (exact) mass is 425 g/mol. The van der Waals surface area contributed by atoms with Gasteiger partial charge in [-0.05, 0) is 38.9 Å². The van der Waals surface area contributed by atoms with E-state index < -0.39 is 0 Å². The molecule has 1 fully saturated rings. The number of hydrogen-bond donors (Lipinski definition) is 2. The molecule has 2 N–H and O–H groups in total. The molecular weight excluding hydrogens is 394 g/mol. The zero-order valence-corrected chi connectivity index (χ0v) is 18.5. The van der Waals surface area contributed by atoms with E-state index in [0.29, 0.717) is 18.1 Å². The summed E-state index contributed by atoms with van der Waals surface area (Å²) in [7, 11) is 0. The molecule has 0 aliphatic carbocycles. The molecule has 2 aliphatic heterocycles. The van der Waals surface area contributed by atoms with Crippen LogP contribution < -0.4 is 5.32 Å². The van der Waals surface area contributed by atoms with E-state index in [1.807, 2.05) is 16.7 Å². The molecule has 0 bridgehead atoms. The molecule has 0 saturated carbocycles. The number of anilines is 1. The molecule has 2 aliphatic rings. The zero-order chi connectivity index (χ0) is 22.0. The van der Waals surface area contributed by atoms with E-state index >= 15 is 0 Å². The quantitative estimate of drug-likeness (QED) is 0.768. The second-order valence-electron chi connectivity index (χ2n) is 8.42. The molecule has 1 saturated heterocycles. The first kappa shape index (κ1) is 21.3. The summed E-state index contributed by atoms with van der Waals surface area (Å²) in [6, 6.07) is 5.28. The van der Waals surface area contributed by atoms with Gasteiger partial charge in [-0.25, -0.2) is 4.79 Å². The average molecular weight is 426 g/mol. The topological polar surface area (TPSA) is 97.5 Å². The Morgan fingerprint density at radius 2 is 2.06 bits per heavy atom. The highest BCUT2D eigenvalue weighted by atomic mass is 16.2. The average Bonchev–Trinajstić information content (AvgIpc) is 3.32. The number of urea groups is 1. The van der Waals surface area contributed by atoms with Gasteiger partial charge >= 0.3 is 6.03 Å². The van der Waals surface area contributed by atoms with E-state index in [4.69, 9.17) is 0 Å². The molecule has 166 valence electrons. The van der Waals surface area contributed by atoms with Crippen LogP contribution in [-0.2, 0) is 6.54 Å². The second kappa shape index (κ2) is 9.05. The van der Waals surface area contributed by atoms with Crippen molar-refractivity contribution < 1.29 is 9.59 Å². The number of fused-ring (bicyclic) bond motifs is 1. The van der Waals surface area contributed by atoms with Crippen molar-refractivity contribution in [3.63, 3.8) is 0 Å². The summed E-state index contributed by atoms with van der Waals surface area (Å²) in [4.78, 5) is 36.2. The Hall–Kier alpha value is -2.94. The first-order chi connectivity index (χ1) is 15.0. The number of hydrogen-bond acceptors (Lipinski definition) is 5. The predicted octanol–water partition coefficient (Wildman–Crippen LogP) is 2.86. The van der Waals surface area contributed by atoms with Crippen LogP contribution in [-0.4, -0.2) is 74.0 Å². The summed E-state index contributed by atoms with van der Waals surface area (Å²) in [6.45, 7) is 10.4. The van der Waals surface area contributed by atoms with E-state index in [9.17, 15) is 9.59 Å². The van der Waals surface area contributed by atoms with Crippen LogP contribution in [0.25, 0.3) is 0 Å². The highest BCUT2D eigenvalue weighted by molar-refractivity contribution is 6.02. The van der Waals surface area contributed by atoms with Crippen molar-refractivity contribution in [2.75, 3.05) is 31.5 Å². The molecule has 9 nitrogen and oxygen atoms in total. The summed E-state index contributed by atoms with van der Waals surface area (Å²) in [5.74, 6) is 0.148. The Morgan fingerprint density at radius 1 is 1.23 bits per heavy atom. The maximum Gasteiger partial charge on any atom is 0.321 e. The fourth-order valence-electron chi connectivity index (χ4n) is 4.42. The van der Waals surface area contributed by atoms with Crippen LogP contribution in [0.5, 0.6) is 0 Å². The molecule has 2 unspecified atom stereocenters. The molecule has 4 rings (SSSR count). The Labute approximate surface area is 182 Å². The molecule has 2 atom stereocenters. The van der Waals surface area contributed by atoms with Gasteiger partial charge in [0, 0.05) is 37.4 Å². The van der Waals surface area contributed by atoms with Gasteiger partial charge in [-0.1, -0.05) is 19.4 Å². The number of pyridine rings is 1. The lowest BCUT2D eigenvalue weighted by molar-refractivity contribution is 0.0741.